The van der Waals surface area contributed by atoms with E-state index >= 15 is 0 Å². The number of carboxylic acid groups (broad SMARTS) is 1. The largest absolute Gasteiger partial charge is 0.480 e. The van der Waals surface area contributed by atoms with Crippen LogP contribution in [-0.4, -0.2) is 42.8 Å². The number of hydrogen-bond donors (Lipinski definition) is 2. The van der Waals surface area contributed by atoms with Crippen LogP contribution in [0.25, 0.3) is 0 Å². The fourth-order valence-corrected chi connectivity index (χ4v) is 3.65. The first-order valence-electron chi connectivity index (χ1n) is 4.67. The zero-order valence-corrected chi connectivity index (χ0v) is 10.1. The molecule has 2 atom stereocenters. The molecule has 2 unspecified atom stereocenters. The highest BCUT2D eigenvalue weighted by molar-refractivity contribution is 7.99. The Morgan fingerprint density at radius 1 is 1.53 bits per heavy atom. The Balaban J connectivity index is 2.45. The van der Waals surface area contributed by atoms with Gasteiger partial charge in [-0.3, -0.25) is 4.79 Å². The van der Waals surface area contributed by atoms with Gasteiger partial charge in [0.05, 0.1) is 0 Å². The molecule has 1 aliphatic rings. The number of sulfonamides is 1. The Morgan fingerprint density at radius 2 is 2.20 bits per heavy atom. The molecule has 7 heteroatoms. The lowest BCUT2D eigenvalue weighted by molar-refractivity contribution is -0.134. The van der Waals surface area contributed by atoms with Gasteiger partial charge in [0.15, 0.2) is 5.75 Å². The summed E-state index contributed by atoms with van der Waals surface area (Å²) < 4.78 is 25.0. The van der Waals surface area contributed by atoms with Crippen LogP contribution in [0.15, 0.2) is 0 Å². The van der Waals surface area contributed by atoms with Crippen molar-refractivity contribution >= 4 is 27.8 Å². The molecule has 0 aromatic heterocycles. The summed E-state index contributed by atoms with van der Waals surface area (Å²) in [6.07, 6.45) is 4.57. The van der Waals surface area contributed by atoms with Crippen LogP contribution >= 0.6 is 11.8 Å². The van der Waals surface area contributed by atoms with Crippen LogP contribution in [0.1, 0.15) is 19.3 Å². The molecule has 0 bridgehead atoms. The van der Waals surface area contributed by atoms with Crippen LogP contribution < -0.4 is 4.72 Å². The number of rotatable bonds is 5. The van der Waals surface area contributed by atoms with Crippen molar-refractivity contribution in [2.45, 2.75) is 30.6 Å². The first-order chi connectivity index (χ1) is 6.93. The highest BCUT2D eigenvalue weighted by Gasteiger charge is 2.28. The van der Waals surface area contributed by atoms with Crippen molar-refractivity contribution in [1.29, 1.82) is 0 Å². The number of carbonyl (C=O) groups is 1. The number of nitrogens with one attached hydrogen (secondary N) is 1. The van der Waals surface area contributed by atoms with E-state index in [0.717, 1.165) is 19.3 Å². The molecule has 2 N–H and O–H groups in total. The van der Waals surface area contributed by atoms with E-state index in [2.05, 4.69) is 4.72 Å². The topological polar surface area (TPSA) is 83.5 Å². The average Bonchev–Trinajstić information content (AvgIpc) is 2.48. The molecule has 0 heterocycles. The highest BCUT2D eigenvalue weighted by Crippen LogP contribution is 2.28. The second-order valence-electron chi connectivity index (χ2n) is 3.64. The minimum atomic E-state index is -3.65. The summed E-state index contributed by atoms with van der Waals surface area (Å²) in [5, 5.41) is 8.89. The Labute approximate surface area is 93.7 Å². The van der Waals surface area contributed by atoms with Crippen molar-refractivity contribution in [2.24, 2.45) is 0 Å². The van der Waals surface area contributed by atoms with Gasteiger partial charge in [0, 0.05) is 11.3 Å². The number of hydrogen-bond acceptors (Lipinski definition) is 4. The maximum Gasteiger partial charge on any atom is 0.320 e. The number of thioether (sulfide) groups is 1. The normalized spacial score (nSPS) is 26.7. The van der Waals surface area contributed by atoms with E-state index in [0.29, 0.717) is 5.25 Å². The van der Waals surface area contributed by atoms with Crippen molar-refractivity contribution in [2.75, 3.05) is 12.0 Å². The Kier molecular flexibility index (Phi) is 4.42. The molecule has 5 nitrogen and oxygen atoms in total. The lowest BCUT2D eigenvalue weighted by Crippen LogP contribution is -2.36. The quantitative estimate of drug-likeness (QED) is 0.735. The molecule has 0 aliphatic heterocycles. The third kappa shape index (κ3) is 4.40. The summed E-state index contributed by atoms with van der Waals surface area (Å²) >= 11 is 1.72. The molecule has 0 aromatic rings. The summed E-state index contributed by atoms with van der Waals surface area (Å²) in [6.45, 7) is 0. The highest BCUT2D eigenvalue weighted by atomic mass is 32.2. The Hall–Kier alpha value is -0.270. The molecule has 0 aromatic carbocycles. The van der Waals surface area contributed by atoms with Gasteiger partial charge in [0.1, 0.15) is 0 Å². The predicted octanol–water partition coefficient (Wildman–Crippen LogP) is 0.274. The molecule has 15 heavy (non-hydrogen) atoms. The third-order valence-electron chi connectivity index (χ3n) is 2.38. The van der Waals surface area contributed by atoms with E-state index in [9.17, 15) is 13.2 Å². The molecular formula is C8H15NO4S2. The van der Waals surface area contributed by atoms with E-state index in [1.165, 1.54) is 0 Å². The van der Waals surface area contributed by atoms with Crippen molar-refractivity contribution in [1.82, 2.24) is 4.72 Å². The standard InChI is InChI=1S/C8H15NO4S2/c1-14-7-3-2-6(4-7)9-15(12,13)5-8(10)11/h6-7,9H,2-5H2,1H3,(H,10,11). The number of carboxylic acids is 1. The van der Waals surface area contributed by atoms with Gasteiger partial charge in [-0.05, 0) is 25.5 Å². The first kappa shape index (κ1) is 12.8. The second kappa shape index (κ2) is 5.18. The molecule has 0 saturated heterocycles. The lowest BCUT2D eigenvalue weighted by atomic mass is 10.3. The average molecular weight is 253 g/mol. The van der Waals surface area contributed by atoms with Crippen molar-refractivity contribution in [3.05, 3.63) is 0 Å². The predicted molar refractivity (Wildman–Crippen MR) is 59.5 cm³/mol. The smallest absolute Gasteiger partial charge is 0.320 e. The van der Waals surface area contributed by atoms with E-state index in [4.69, 9.17) is 5.11 Å². The van der Waals surface area contributed by atoms with E-state index in [1.54, 1.807) is 11.8 Å². The zero-order chi connectivity index (χ0) is 11.5. The van der Waals surface area contributed by atoms with Crippen LogP contribution in [-0.2, 0) is 14.8 Å². The van der Waals surface area contributed by atoms with Gasteiger partial charge < -0.3 is 5.11 Å². The first-order valence-corrected chi connectivity index (χ1v) is 7.61. The molecule has 0 radical (unpaired) electrons. The summed E-state index contributed by atoms with van der Waals surface area (Å²) in [7, 11) is -3.65. The molecule has 0 amide bonds. The fourth-order valence-electron chi connectivity index (χ4n) is 1.72. The van der Waals surface area contributed by atoms with Crippen molar-refractivity contribution < 1.29 is 18.3 Å². The summed E-state index contributed by atoms with van der Waals surface area (Å²) in [4.78, 5) is 10.3. The molecule has 1 rings (SSSR count). The van der Waals surface area contributed by atoms with Crippen LogP contribution in [0.5, 0.6) is 0 Å². The molecule has 1 fully saturated rings. The minimum Gasteiger partial charge on any atom is -0.480 e. The maximum absolute atomic E-state index is 11.3. The van der Waals surface area contributed by atoms with E-state index in [-0.39, 0.29) is 6.04 Å². The van der Waals surface area contributed by atoms with Crippen LogP contribution in [0, 0.1) is 0 Å². The van der Waals surface area contributed by atoms with Gasteiger partial charge in [-0.2, -0.15) is 11.8 Å². The third-order valence-corrected chi connectivity index (χ3v) is 4.79. The molecule has 1 aliphatic carbocycles. The fraction of sp³-hybridized carbons (Fsp3) is 0.875. The monoisotopic (exact) mass is 253 g/mol. The Morgan fingerprint density at radius 3 is 2.67 bits per heavy atom. The summed E-state index contributed by atoms with van der Waals surface area (Å²) in [5.41, 5.74) is 0. The van der Waals surface area contributed by atoms with Crippen molar-refractivity contribution in [3.8, 4) is 0 Å². The molecular weight excluding hydrogens is 238 g/mol. The van der Waals surface area contributed by atoms with Gasteiger partial charge in [0.25, 0.3) is 0 Å². The van der Waals surface area contributed by atoms with E-state index in [1.807, 2.05) is 6.26 Å². The van der Waals surface area contributed by atoms with Gasteiger partial charge in [-0.25, -0.2) is 13.1 Å². The van der Waals surface area contributed by atoms with Crippen LogP contribution in [0.2, 0.25) is 0 Å². The van der Waals surface area contributed by atoms with Gasteiger partial charge in [-0.15, -0.1) is 0 Å². The van der Waals surface area contributed by atoms with Gasteiger partial charge in [-0.1, -0.05) is 0 Å². The SMILES string of the molecule is CSC1CCC(NS(=O)(=O)CC(=O)O)C1. The van der Waals surface area contributed by atoms with Crippen molar-refractivity contribution in [3.63, 3.8) is 0 Å². The second-order valence-corrected chi connectivity index (χ2v) is 6.53. The summed E-state index contributed by atoms with van der Waals surface area (Å²) in [5.74, 6) is -2.16. The van der Waals surface area contributed by atoms with Gasteiger partial charge in [0.2, 0.25) is 10.0 Å². The number of aliphatic carboxylic acids is 1. The van der Waals surface area contributed by atoms with E-state index < -0.39 is 21.7 Å². The molecule has 88 valence electrons. The minimum absolute atomic E-state index is 0.0909. The summed E-state index contributed by atoms with van der Waals surface area (Å²) in [6, 6.07) is -0.0909. The molecule has 0 spiro atoms. The lowest BCUT2D eigenvalue weighted by Gasteiger charge is -2.11. The van der Waals surface area contributed by atoms with Crippen LogP contribution in [0.4, 0.5) is 0 Å². The Bertz CT molecular complexity index is 328. The van der Waals surface area contributed by atoms with Gasteiger partial charge >= 0.3 is 5.97 Å². The molecule has 1 saturated carbocycles. The zero-order valence-electron chi connectivity index (χ0n) is 8.47. The maximum atomic E-state index is 11.3. The van der Waals surface area contributed by atoms with Crippen LogP contribution in [0.3, 0.4) is 0 Å².